The molecule has 0 spiro atoms. The molecule has 1 amide bonds. The Labute approximate surface area is 103 Å². The zero-order valence-electron chi connectivity index (χ0n) is 10.4. The molecule has 0 bridgehead atoms. The van der Waals surface area contributed by atoms with Crippen molar-refractivity contribution in [3.63, 3.8) is 0 Å². The van der Waals surface area contributed by atoms with Crippen LogP contribution in [0.5, 0.6) is 0 Å². The molecule has 98 valence electrons. The molecule has 0 unspecified atom stereocenters. The van der Waals surface area contributed by atoms with Crippen molar-refractivity contribution in [1.29, 1.82) is 0 Å². The lowest BCUT2D eigenvalue weighted by Crippen LogP contribution is -2.38. The van der Waals surface area contributed by atoms with E-state index in [1.807, 2.05) is 0 Å². The number of rotatable bonds is 5. The van der Waals surface area contributed by atoms with Crippen molar-refractivity contribution in [1.82, 2.24) is 5.32 Å². The first kappa shape index (κ1) is 12.8. The third kappa shape index (κ3) is 3.42. The number of hydrogen-bond donors (Lipinski definition) is 2. The molecule has 0 radical (unpaired) electrons. The topological polar surface area (TPSA) is 58.6 Å². The lowest BCUT2D eigenvalue weighted by atomic mass is 9.87. The molecular formula is C13H23NO3. The van der Waals surface area contributed by atoms with Crippen LogP contribution in [0.15, 0.2) is 0 Å². The molecule has 1 aliphatic heterocycles. The molecule has 1 atom stereocenters. The highest BCUT2D eigenvalue weighted by Gasteiger charge is 2.33. The first-order valence-electron chi connectivity index (χ1n) is 6.69. The Balaban J connectivity index is 1.71. The van der Waals surface area contributed by atoms with Gasteiger partial charge in [-0.2, -0.15) is 0 Å². The second-order valence-electron chi connectivity index (χ2n) is 5.58. The van der Waals surface area contributed by atoms with E-state index in [-0.39, 0.29) is 17.9 Å². The number of carbonyl (C=O) groups excluding carboxylic acids is 1. The van der Waals surface area contributed by atoms with Crippen molar-refractivity contribution >= 4 is 5.91 Å². The van der Waals surface area contributed by atoms with Crippen LogP contribution in [-0.4, -0.2) is 37.4 Å². The Kier molecular flexibility index (Phi) is 4.40. The van der Waals surface area contributed by atoms with E-state index >= 15 is 0 Å². The molecule has 2 fully saturated rings. The molecule has 17 heavy (non-hydrogen) atoms. The van der Waals surface area contributed by atoms with Crippen LogP contribution in [0, 0.1) is 11.3 Å². The average Bonchev–Trinajstić information content (AvgIpc) is 2.98. The molecule has 1 saturated carbocycles. The Morgan fingerprint density at radius 2 is 2.18 bits per heavy atom. The van der Waals surface area contributed by atoms with Gasteiger partial charge < -0.3 is 15.2 Å². The van der Waals surface area contributed by atoms with Gasteiger partial charge in [0.1, 0.15) is 0 Å². The van der Waals surface area contributed by atoms with Crippen molar-refractivity contribution in [2.75, 3.05) is 26.4 Å². The Bertz CT molecular complexity index is 255. The van der Waals surface area contributed by atoms with Gasteiger partial charge in [0, 0.05) is 31.6 Å². The third-order valence-corrected chi connectivity index (χ3v) is 4.16. The fourth-order valence-electron chi connectivity index (χ4n) is 2.88. The first-order chi connectivity index (χ1) is 8.24. The van der Waals surface area contributed by atoms with Crippen LogP contribution in [0.4, 0.5) is 0 Å². The minimum atomic E-state index is -0.0398. The summed E-state index contributed by atoms with van der Waals surface area (Å²) in [4.78, 5) is 11.8. The lowest BCUT2D eigenvalue weighted by molar-refractivity contribution is -0.122. The Hall–Kier alpha value is -0.610. The van der Waals surface area contributed by atoms with Crippen molar-refractivity contribution in [3.8, 4) is 0 Å². The number of nitrogens with one attached hydrogen (secondary N) is 1. The van der Waals surface area contributed by atoms with Crippen LogP contribution in [0.25, 0.3) is 0 Å². The van der Waals surface area contributed by atoms with Crippen LogP contribution in [0.3, 0.4) is 0 Å². The minimum absolute atomic E-state index is 0.0398. The standard InChI is InChI=1S/C13H23NO3/c15-10-13(4-1-2-5-13)9-14-12(16)7-11-3-6-17-8-11/h11,15H,1-10H2,(H,14,16)/t11-/m0/s1. The molecule has 0 aromatic rings. The van der Waals surface area contributed by atoms with E-state index in [4.69, 9.17) is 4.74 Å². The molecule has 1 aliphatic carbocycles. The Morgan fingerprint density at radius 3 is 2.76 bits per heavy atom. The molecule has 2 aliphatic rings. The average molecular weight is 241 g/mol. The molecule has 2 N–H and O–H groups in total. The molecule has 2 rings (SSSR count). The predicted molar refractivity (Wildman–Crippen MR) is 64.5 cm³/mol. The van der Waals surface area contributed by atoms with Gasteiger partial charge in [-0.3, -0.25) is 4.79 Å². The van der Waals surface area contributed by atoms with Crippen LogP contribution >= 0.6 is 0 Å². The monoisotopic (exact) mass is 241 g/mol. The first-order valence-corrected chi connectivity index (χ1v) is 6.69. The summed E-state index contributed by atoms with van der Waals surface area (Å²) in [6.45, 7) is 2.34. The SMILES string of the molecule is O=C(C[C@@H]1CCOC1)NCC1(CO)CCCC1. The normalized spacial score (nSPS) is 27.2. The summed E-state index contributed by atoms with van der Waals surface area (Å²) in [6, 6.07) is 0. The summed E-state index contributed by atoms with van der Waals surface area (Å²) < 4.78 is 5.26. The summed E-state index contributed by atoms with van der Waals surface area (Å²) in [5.41, 5.74) is -0.0398. The zero-order chi connectivity index (χ0) is 12.1. The molecule has 4 heteroatoms. The predicted octanol–water partition coefficient (Wildman–Crippen LogP) is 1.08. The smallest absolute Gasteiger partial charge is 0.220 e. The molecule has 1 saturated heterocycles. The van der Waals surface area contributed by atoms with Gasteiger partial charge in [0.2, 0.25) is 5.91 Å². The number of aliphatic hydroxyl groups excluding tert-OH is 1. The molecule has 4 nitrogen and oxygen atoms in total. The molecule has 0 aromatic carbocycles. The molecular weight excluding hydrogens is 218 g/mol. The summed E-state index contributed by atoms with van der Waals surface area (Å²) in [5, 5.41) is 12.4. The molecule has 0 aromatic heterocycles. The second-order valence-corrected chi connectivity index (χ2v) is 5.58. The quantitative estimate of drug-likeness (QED) is 0.757. The van der Waals surface area contributed by atoms with Gasteiger partial charge in [0.15, 0.2) is 0 Å². The van der Waals surface area contributed by atoms with Crippen molar-refractivity contribution in [2.45, 2.75) is 38.5 Å². The van der Waals surface area contributed by atoms with E-state index in [9.17, 15) is 9.90 Å². The highest BCUT2D eigenvalue weighted by atomic mass is 16.5. The van der Waals surface area contributed by atoms with Gasteiger partial charge in [-0.1, -0.05) is 12.8 Å². The molecule has 1 heterocycles. The maximum Gasteiger partial charge on any atom is 0.220 e. The van der Waals surface area contributed by atoms with Crippen molar-refractivity contribution in [3.05, 3.63) is 0 Å². The van der Waals surface area contributed by atoms with Crippen molar-refractivity contribution in [2.24, 2.45) is 11.3 Å². The number of aliphatic hydroxyl groups is 1. The highest BCUT2D eigenvalue weighted by molar-refractivity contribution is 5.76. The van der Waals surface area contributed by atoms with Gasteiger partial charge in [-0.15, -0.1) is 0 Å². The van der Waals surface area contributed by atoms with E-state index < -0.39 is 0 Å². The fourth-order valence-corrected chi connectivity index (χ4v) is 2.88. The largest absolute Gasteiger partial charge is 0.396 e. The summed E-state index contributed by atoms with van der Waals surface area (Å²) in [7, 11) is 0. The van der Waals surface area contributed by atoms with E-state index in [1.54, 1.807) is 0 Å². The second kappa shape index (κ2) is 5.83. The number of hydrogen-bond acceptors (Lipinski definition) is 3. The maximum atomic E-state index is 11.8. The van der Waals surface area contributed by atoms with E-state index in [0.29, 0.717) is 18.9 Å². The van der Waals surface area contributed by atoms with Gasteiger partial charge in [-0.05, 0) is 25.2 Å². The third-order valence-electron chi connectivity index (χ3n) is 4.16. The van der Waals surface area contributed by atoms with Gasteiger partial charge in [0.25, 0.3) is 0 Å². The highest BCUT2D eigenvalue weighted by Crippen LogP contribution is 2.36. The number of carbonyl (C=O) groups is 1. The van der Waals surface area contributed by atoms with E-state index in [2.05, 4.69) is 5.32 Å². The van der Waals surface area contributed by atoms with Crippen molar-refractivity contribution < 1.29 is 14.6 Å². The zero-order valence-corrected chi connectivity index (χ0v) is 10.4. The Morgan fingerprint density at radius 1 is 1.41 bits per heavy atom. The van der Waals surface area contributed by atoms with E-state index in [0.717, 1.165) is 32.5 Å². The number of ether oxygens (including phenoxy) is 1. The number of amides is 1. The van der Waals surface area contributed by atoms with Gasteiger partial charge in [-0.25, -0.2) is 0 Å². The fraction of sp³-hybridized carbons (Fsp3) is 0.923. The van der Waals surface area contributed by atoms with Crippen LogP contribution in [0.2, 0.25) is 0 Å². The summed E-state index contributed by atoms with van der Waals surface area (Å²) in [6.07, 6.45) is 5.99. The maximum absolute atomic E-state index is 11.8. The van der Waals surface area contributed by atoms with Gasteiger partial charge >= 0.3 is 0 Å². The summed E-state index contributed by atoms with van der Waals surface area (Å²) >= 11 is 0. The lowest BCUT2D eigenvalue weighted by Gasteiger charge is -2.26. The van der Waals surface area contributed by atoms with E-state index in [1.165, 1.54) is 12.8 Å². The van der Waals surface area contributed by atoms with Crippen LogP contribution in [-0.2, 0) is 9.53 Å². The van der Waals surface area contributed by atoms with Crippen LogP contribution < -0.4 is 5.32 Å². The summed E-state index contributed by atoms with van der Waals surface area (Å²) in [5.74, 6) is 0.504. The van der Waals surface area contributed by atoms with Crippen LogP contribution in [0.1, 0.15) is 38.5 Å². The minimum Gasteiger partial charge on any atom is -0.396 e. The van der Waals surface area contributed by atoms with Gasteiger partial charge in [0.05, 0.1) is 6.61 Å².